The SMILES string of the molecule is O=C(CCc1nc(-c2ccco2)no1)Nc1ccc(NC(=O)C2CC2)cc1. The summed E-state index contributed by atoms with van der Waals surface area (Å²) in [5, 5.41) is 9.48. The van der Waals surface area contributed by atoms with E-state index in [0.29, 0.717) is 29.6 Å². The molecule has 2 heterocycles. The maximum atomic E-state index is 12.1. The molecule has 1 saturated carbocycles. The number of carbonyl (C=O) groups excluding carboxylic acids is 2. The minimum absolute atomic E-state index is 0.0558. The molecule has 1 aliphatic rings. The van der Waals surface area contributed by atoms with Gasteiger partial charge in [-0.2, -0.15) is 4.98 Å². The molecule has 0 unspecified atom stereocenters. The molecule has 4 rings (SSSR count). The Bertz CT molecular complexity index is 927. The zero-order valence-corrected chi connectivity index (χ0v) is 14.5. The fraction of sp³-hybridized carbons (Fsp3) is 0.263. The zero-order chi connectivity index (χ0) is 18.6. The molecule has 0 spiro atoms. The molecule has 0 atom stereocenters. The molecule has 0 aliphatic heterocycles. The largest absolute Gasteiger partial charge is 0.461 e. The molecular weight excluding hydrogens is 348 g/mol. The average molecular weight is 366 g/mol. The van der Waals surface area contributed by atoms with Gasteiger partial charge in [-0.1, -0.05) is 5.16 Å². The van der Waals surface area contributed by atoms with Gasteiger partial charge in [0.25, 0.3) is 0 Å². The molecule has 1 aliphatic carbocycles. The van der Waals surface area contributed by atoms with E-state index in [1.165, 1.54) is 6.26 Å². The molecule has 2 amide bonds. The zero-order valence-electron chi connectivity index (χ0n) is 14.5. The second-order valence-corrected chi connectivity index (χ2v) is 6.38. The van der Waals surface area contributed by atoms with Gasteiger partial charge in [0.2, 0.25) is 23.5 Å². The summed E-state index contributed by atoms with van der Waals surface area (Å²) in [5.41, 5.74) is 1.38. The maximum Gasteiger partial charge on any atom is 0.238 e. The molecule has 8 nitrogen and oxygen atoms in total. The Morgan fingerprint density at radius 1 is 1.07 bits per heavy atom. The molecule has 2 N–H and O–H groups in total. The number of aryl methyl sites for hydroxylation is 1. The number of nitrogens with one attached hydrogen (secondary N) is 2. The van der Waals surface area contributed by atoms with Crippen LogP contribution in [0.3, 0.4) is 0 Å². The van der Waals surface area contributed by atoms with E-state index in [4.69, 9.17) is 8.94 Å². The van der Waals surface area contributed by atoms with Crippen molar-refractivity contribution >= 4 is 23.2 Å². The van der Waals surface area contributed by atoms with Crippen molar-refractivity contribution in [3.05, 3.63) is 48.6 Å². The molecular formula is C19H18N4O4. The van der Waals surface area contributed by atoms with Gasteiger partial charge in [-0.25, -0.2) is 0 Å². The van der Waals surface area contributed by atoms with Crippen molar-refractivity contribution < 1.29 is 18.5 Å². The lowest BCUT2D eigenvalue weighted by atomic mass is 10.2. The van der Waals surface area contributed by atoms with Crippen LogP contribution in [0.5, 0.6) is 0 Å². The van der Waals surface area contributed by atoms with E-state index in [-0.39, 0.29) is 24.2 Å². The van der Waals surface area contributed by atoms with E-state index < -0.39 is 0 Å². The first-order valence-corrected chi connectivity index (χ1v) is 8.74. The van der Waals surface area contributed by atoms with Crippen molar-refractivity contribution in [1.29, 1.82) is 0 Å². The highest BCUT2D eigenvalue weighted by Gasteiger charge is 2.29. The van der Waals surface area contributed by atoms with Gasteiger partial charge in [-0.3, -0.25) is 9.59 Å². The van der Waals surface area contributed by atoms with Gasteiger partial charge in [0.15, 0.2) is 5.76 Å². The molecule has 27 heavy (non-hydrogen) atoms. The number of amides is 2. The van der Waals surface area contributed by atoms with Gasteiger partial charge in [0.1, 0.15) is 0 Å². The van der Waals surface area contributed by atoms with Crippen LogP contribution < -0.4 is 10.6 Å². The third kappa shape index (κ3) is 4.41. The number of furan rings is 1. The molecule has 8 heteroatoms. The lowest BCUT2D eigenvalue weighted by molar-refractivity contribution is -0.117. The molecule has 3 aromatic rings. The molecule has 1 aromatic carbocycles. The first kappa shape index (κ1) is 17.0. The summed E-state index contributed by atoms with van der Waals surface area (Å²) < 4.78 is 10.3. The standard InChI is InChI=1S/C19H18N4O4/c24-16(9-10-17-22-18(23-27-17)15-2-1-11-26-15)20-13-5-7-14(8-6-13)21-19(25)12-3-4-12/h1-2,5-8,11-12H,3-4,9-10H2,(H,20,24)(H,21,25). The Hall–Kier alpha value is -3.42. The van der Waals surface area contributed by atoms with Gasteiger partial charge in [0.05, 0.1) is 6.26 Å². The van der Waals surface area contributed by atoms with Crippen LogP contribution >= 0.6 is 0 Å². The minimum atomic E-state index is -0.164. The van der Waals surface area contributed by atoms with Crippen molar-refractivity contribution in [1.82, 2.24) is 10.1 Å². The third-order valence-corrected chi connectivity index (χ3v) is 4.16. The number of nitrogens with zero attached hydrogens (tertiary/aromatic N) is 2. The van der Waals surface area contributed by atoms with Crippen LogP contribution in [-0.2, 0) is 16.0 Å². The van der Waals surface area contributed by atoms with Gasteiger partial charge >= 0.3 is 0 Å². The maximum absolute atomic E-state index is 12.1. The number of hydrogen-bond donors (Lipinski definition) is 2. The molecule has 0 radical (unpaired) electrons. The summed E-state index contributed by atoms with van der Waals surface area (Å²) in [7, 11) is 0. The second-order valence-electron chi connectivity index (χ2n) is 6.38. The lowest BCUT2D eigenvalue weighted by Gasteiger charge is -2.07. The third-order valence-electron chi connectivity index (χ3n) is 4.16. The van der Waals surface area contributed by atoms with Gasteiger partial charge < -0.3 is 19.6 Å². The summed E-state index contributed by atoms with van der Waals surface area (Å²) in [6.07, 6.45) is 3.99. The quantitative estimate of drug-likeness (QED) is 0.664. The first-order valence-electron chi connectivity index (χ1n) is 8.74. The highest BCUT2D eigenvalue weighted by Crippen LogP contribution is 2.30. The van der Waals surface area contributed by atoms with Crippen molar-refractivity contribution in [3.8, 4) is 11.6 Å². The molecule has 2 aromatic heterocycles. The normalized spacial score (nSPS) is 13.3. The smallest absolute Gasteiger partial charge is 0.238 e. The van der Waals surface area contributed by atoms with E-state index in [9.17, 15) is 9.59 Å². The number of carbonyl (C=O) groups is 2. The van der Waals surface area contributed by atoms with Crippen LogP contribution in [0, 0.1) is 5.92 Å². The van der Waals surface area contributed by atoms with Crippen molar-refractivity contribution in [2.24, 2.45) is 5.92 Å². The van der Waals surface area contributed by atoms with Crippen LogP contribution in [0.25, 0.3) is 11.6 Å². The van der Waals surface area contributed by atoms with E-state index in [1.54, 1.807) is 36.4 Å². The topological polar surface area (TPSA) is 110 Å². The number of anilines is 2. The Morgan fingerprint density at radius 3 is 2.48 bits per heavy atom. The van der Waals surface area contributed by atoms with Crippen LogP contribution in [0.4, 0.5) is 11.4 Å². The summed E-state index contributed by atoms with van der Waals surface area (Å²) >= 11 is 0. The lowest BCUT2D eigenvalue weighted by Crippen LogP contribution is -2.14. The summed E-state index contributed by atoms with van der Waals surface area (Å²) in [4.78, 5) is 28.0. The fourth-order valence-electron chi connectivity index (χ4n) is 2.53. The molecule has 0 bridgehead atoms. The highest BCUT2D eigenvalue weighted by atomic mass is 16.5. The number of benzene rings is 1. The summed E-state index contributed by atoms with van der Waals surface area (Å²) in [5.74, 6) is 1.29. The van der Waals surface area contributed by atoms with E-state index >= 15 is 0 Å². The molecule has 138 valence electrons. The predicted octanol–water partition coefficient (Wildman–Crippen LogP) is 3.25. The predicted molar refractivity (Wildman–Crippen MR) is 96.7 cm³/mol. The number of hydrogen-bond acceptors (Lipinski definition) is 6. The van der Waals surface area contributed by atoms with Crippen molar-refractivity contribution in [2.45, 2.75) is 25.7 Å². The van der Waals surface area contributed by atoms with Gasteiger partial charge in [-0.15, -0.1) is 0 Å². The molecule has 0 saturated heterocycles. The molecule has 1 fully saturated rings. The van der Waals surface area contributed by atoms with Crippen molar-refractivity contribution in [3.63, 3.8) is 0 Å². The monoisotopic (exact) mass is 366 g/mol. The second kappa shape index (κ2) is 7.45. The fourth-order valence-corrected chi connectivity index (χ4v) is 2.53. The summed E-state index contributed by atoms with van der Waals surface area (Å²) in [6.45, 7) is 0. The number of rotatable bonds is 7. The van der Waals surface area contributed by atoms with Crippen LogP contribution in [0.15, 0.2) is 51.6 Å². The first-order chi connectivity index (χ1) is 13.2. The van der Waals surface area contributed by atoms with Crippen LogP contribution in [0.2, 0.25) is 0 Å². The highest BCUT2D eigenvalue weighted by molar-refractivity contribution is 5.95. The Labute approximate surface area is 154 Å². The van der Waals surface area contributed by atoms with E-state index in [0.717, 1.165) is 18.5 Å². The van der Waals surface area contributed by atoms with E-state index in [1.807, 2.05) is 0 Å². The van der Waals surface area contributed by atoms with Crippen LogP contribution in [-0.4, -0.2) is 22.0 Å². The number of aromatic nitrogens is 2. The Morgan fingerprint density at radius 2 is 1.81 bits per heavy atom. The Balaban J connectivity index is 1.26. The summed E-state index contributed by atoms with van der Waals surface area (Å²) in [6, 6.07) is 10.5. The van der Waals surface area contributed by atoms with Crippen LogP contribution in [0.1, 0.15) is 25.2 Å². The minimum Gasteiger partial charge on any atom is -0.461 e. The Kier molecular flexibility index (Phi) is 4.69. The van der Waals surface area contributed by atoms with Gasteiger partial charge in [0, 0.05) is 30.1 Å². The average Bonchev–Trinajstić information content (AvgIpc) is 3.17. The van der Waals surface area contributed by atoms with Gasteiger partial charge in [-0.05, 0) is 49.2 Å². The van der Waals surface area contributed by atoms with Crippen molar-refractivity contribution in [2.75, 3.05) is 10.6 Å². The van der Waals surface area contributed by atoms with E-state index in [2.05, 4.69) is 20.8 Å².